The number of benzene rings is 1. The molecule has 1 aromatic carbocycles. The van der Waals surface area contributed by atoms with Crippen LogP contribution in [0.4, 0.5) is 0 Å². The van der Waals surface area contributed by atoms with Gasteiger partial charge in [0.25, 0.3) is 0 Å². The van der Waals surface area contributed by atoms with Gasteiger partial charge in [0.15, 0.2) is 9.84 Å². The first kappa shape index (κ1) is 12.2. The van der Waals surface area contributed by atoms with Crippen LogP contribution in [-0.2, 0) is 21.1 Å². The van der Waals surface area contributed by atoms with E-state index >= 15 is 0 Å². The molecule has 0 saturated heterocycles. The van der Waals surface area contributed by atoms with E-state index in [-0.39, 0.29) is 11.3 Å². The molecule has 0 unspecified atom stereocenters. The van der Waals surface area contributed by atoms with E-state index in [1.54, 1.807) is 0 Å². The Morgan fingerprint density at radius 3 is 2.47 bits per heavy atom. The van der Waals surface area contributed by atoms with Crippen molar-refractivity contribution in [2.75, 3.05) is 6.26 Å². The van der Waals surface area contributed by atoms with Gasteiger partial charge in [0.1, 0.15) is 0 Å². The Balaban J connectivity index is 3.15. The molecule has 0 amide bonds. The van der Waals surface area contributed by atoms with Gasteiger partial charge in [0, 0.05) is 10.7 Å². The normalized spacial score (nSPS) is 11.3. The van der Waals surface area contributed by atoms with Crippen LogP contribution in [0.5, 0.6) is 0 Å². The molecule has 1 rings (SSSR count). The molecule has 0 aliphatic rings. The summed E-state index contributed by atoms with van der Waals surface area (Å²) in [6.07, 6.45) is 0.979. The number of carbonyl (C=O) groups is 1. The molecule has 4 nitrogen and oxygen atoms in total. The molecule has 0 fully saturated rings. The van der Waals surface area contributed by atoms with E-state index in [9.17, 15) is 13.2 Å². The van der Waals surface area contributed by atoms with Gasteiger partial charge in [0.2, 0.25) is 0 Å². The number of carboxylic acids is 1. The third-order valence-corrected chi connectivity index (χ3v) is 3.82. The predicted octanol–water partition coefficient (Wildman–Crippen LogP) is 1.48. The van der Waals surface area contributed by atoms with Crippen LogP contribution in [0.15, 0.2) is 27.6 Å². The minimum absolute atomic E-state index is 0.122. The number of sulfone groups is 1. The number of carboxylic acid groups (broad SMARTS) is 1. The zero-order chi connectivity index (χ0) is 11.6. The summed E-state index contributed by atoms with van der Waals surface area (Å²) in [4.78, 5) is 10.6. The van der Waals surface area contributed by atoms with Gasteiger partial charge in [-0.3, -0.25) is 4.79 Å². The molecule has 0 saturated carbocycles. The van der Waals surface area contributed by atoms with Crippen molar-refractivity contribution in [1.29, 1.82) is 0 Å². The third-order valence-electron chi connectivity index (χ3n) is 1.75. The Hall–Kier alpha value is -0.880. The second-order valence-corrected chi connectivity index (χ2v) is 5.95. The molecule has 1 N–H and O–H groups in total. The molecule has 0 heterocycles. The Kier molecular flexibility index (Phi) is 3.51. The molecule has 0 aliphatic heterocycles. The maximum absolute atomic E-state index is 11.2. The highest BCUT2D eigenvalue weighted by molar-refractivity contribution is 9.10. The molecule has 0 radical (unpaired) electrons. The minimum Gasteiger partial charge on any atom is -0.481 e. The fourth-order valence-corrected chi connectivity index (χ4v) is 3.17. The topological polar surface area (TPSA) is 71.4 Å². The zero-order valence-corrected chi connectivity index (χ0v) is 10.3. The second kappa shape index (κ2) is 4.32. The summed E-state index contributed by atoms with van der Waals surface area (Å²) in [5, 5.41) is 8.55. The first-order chi connectivity index (χ1) is 6.80. The fraction of sp³-hybridized carbons (Fsp3) is 0.222. The van der Waals surface area contributed by atoms with Gasteiger partial charge in [0.05, 0.1) is 11.3 Å². The van der Waals surface area contributed by atoms with Gasteiger partial charge in [-0.2, -0.15) is 0 Å². The van der Waals surface area contributed by atoms with Crippen molar-refractivity contribution < 1.29 is 18.3 Å². The lowest BCUT2D eigenvalue weighted by Crippen LogP contribution is -2.02. The number of hydrogen-bond acceptors (Lipinski definition) is 3. The van der Waals surface area contributed by atoms with Crippen LogP contribution < -0.4 is 0 Å². The Morgan fingerprint density at radius 1 is 1.47 bits per heavy atom. The number of aliphatic carboxylic acids is 1. The summed E-state index contributed by atoms with van der Waals surface area (Å²) in [5.41, 5.74) is 0.557. The quantitative estimate of drug-likeness (QED) is 0.916. The summed E-state index contributed by atoms with van der Waals surface area (Å²) in [5.74, 6) is -0.950. The molecule has 82 valence electrons. The van der Waals surface area contributed by atoms with Crippen molar-refractivity contribution in [3.63, 3.8) is 0 Å². The SMILES string of the molecule is CS(=O)(=O)c1ccc(CC(=O)O)cc1Br. The molecule has 6 heteroatoms. The summed E-state index contributed by atoms with van der Waals surface area (Å²) in [7, 11) is -3.27. The predicted molar refractivity (Wildman–Crippen MR) is 58.6 cm³/mol. The summed E-state index contributed by atoms with van der Waals surface area (Å²) in [6, 6.07) is 4.40. The van der Waals surface area contributed by atoms with Crippen LogP contribution in [0.1, 0.15) is 5.56 Å². The van der Waals surface area contributed by atoms with Crippen LogP contribution >= 0.6 is 15.9 Å². The van der Waals surface area contributed by atoms with Gasteiger partial charge >= 0.3 is 5.97 Å². The molecule has 0 spiro atoms. The van der Waals surface area contributed by atoms with Gasteiger partial charge in [-0.05, 0) is 33.6 Å². The van der Waals surface area contributed by atoms with Crippen molar-refractivity contribution >= 4 is 31.7 Å². The Bertz CT molecular complexity index is 493. The number of rotatable bonds is 3. The average Bonchev–Trinajstić information content (AvgIpc) is 1.99. The van der Waals surface area contributed by atoms with Crippen LogP contribution in [-0.4, -0.2) is 25.7 Å². The highest BCUT2D eigenvalue weighted by Gasteiger charge is 2.12. The molecular weight excluding hydrogens is 284 g/mol. The van der Waals surface area contributed by atoms with E-state index in [4.69, 9.17) is 5.11 Å². The van der Waals surface area contributed by atoms with Gasteiger partial charge in [-0.25, -0.2) is 8.42 Å². The standard InChI is InChI=1S/C9H9BrO4S/c1-15(13,14)8-3-2-6(4-7(8)10)5-9(11)12/h2-4H,5H2,1H3,(H,11,12). The maximum Gasteiger partial charge on any atom is 0.307 e. The average molecular weight is 293 g/mol. The third kappa shape index (κ3) is 3.32. The van der Waals surface area contributed by atoms with E-state index in [0.717, 1.165) is 6.26 Å². The molecule has 15 heavy (non-hydrogen) atoms. The van der Waals surface area contributed by atoms with E-state index in [2.05, 4.69) is 15.9 Å². The largest absolute Gasteiger partial charge is 0.481 e. The molecule has 0 aliphatic carbocycles. The first-order valence-electron chi connectivity index (χ1n) is 4.01. The Labute approximate surface area is 96.0 Å². The zero-order valence-electron chi connectivity index (χ0n) is 7.90. The van der Waals surface area contributed by atoms with Gasteiger partial charge in [-0.15, -0.1) is 0 Å². The maximum atomic E-state index is 11.2. The lowest BCUT2D eigenvalue weighted by molar-refractivity contribution is -0.136. The molecule has 0 aromatic heterocycles. The van der Waals surface area contributed by atoms with E-state index in [0.29, 0.717) is 10.0 Å². The second-order valence-electron chi connectivity index (χ2n) is 3.11. The van der Waals surface area contributed by atoms with Crippen LogP contribution in [0.3, 0.4) is 0 Å². The van der Waals surface area contributed by atoms with Crippen LogP contribution in [0.25, 0.3) is 0 Å². The highest BCUT2D eigenvalue weighted by Crippen LogP contribution is 2.23. The van der Waals surface area contributed by atoms with Crippen LogP contribution in [0.2, 0.25) is 0 Å². The van der Waals surface area contributed by atoms with Gasteiger partial charge < -0.3 is 5.11 Å². The van der Waals surface area contributed by atoms with E-state index in [1.165, 1.54) is 18.2 Å². The van der Waals surface area contributed by atoms with Crippen LogP contribution in [0, 0.1) is 0 Å². The highest BCUT2D eigenvalue weighted by atomic mass is 79.9. The van der Waals surface area contributed by atoms with Crippen molar-refractivity contribution in [2.24, 2.45) is 0 Å². The molecular formula is C9H9BrO4S. The van der Waals surface area contributed by atoms with Crippen molar-refractivity contribution in [2.45, 2.75) is 11.3 Å². The van der Waals surface area contributed by atoms with Crippen molar-refractivity contribution in [3.8, 4) is 0 Å². The monoisotopic (exact) mass is 292 g/mol. The fourth-order valence-electron chi connectivity index (χ4n) is 1.13. The van der Waals surface area contributed by atoms with Crippen molar-refractivity contribution in [1.82, 2.24) is 0 Å². The molecule has 1 aromatic rings. The lowest BCUT2D eigenvalue weighted by Gasteiger charge is -2.03. The smallest absolute Gasteiger partial charge is 0.307 e. The minimum atomic E-state index is -3.27. The summed E-state index contributed by atoms with van der Waals surface area (Å²) < 4.78 is 22.9. The first-order valence-corrected chi connectivity index (χ1v) is 6.69. The number of halogens is 1. The van der Waals surface area contributed by atoms with Crippen molar-refractivity contribution in [3.05, 3.63) is 28.2 Å². The van der Waals surface area contributed by atoms with Gasteiger partial charge in [-0.1, -0.05) is 6.07 Å². The van der Waals surface area contributed by atoms with E-state index in [1.807, 2.05) is 0 Å². The van der Waals surface area contributed by atoms with E-state index < -0.39 is 15.8 Å². The number of hydrogen-bond donors (Lipinski definition) is 1. The summed E-state index contributed by atoms with van der Waals surface area (Å²) >= 11 is 3.10. The summed E-state index contributed by atoms with van der Waals surface area (Å²) in [6.45, 7) is 0. The molecule has 0 atom stereocenters. The Morgan fingerprint density at radius 2 is 2.07 bits per heavy atom. The lowest BCUT2D eigenvalue weighted by atomic mass is 10.2. The molecule has 0 bridgehead atoms.